The summed E-state index contributed by atoms with van der Waals surface area (Å²) in [7, 11) is -3.76. The maximum absolute atomic E-state index is 14.7. The lowest BCUT2D eigenvalue weighted by Crippen LogP contribution is -2.42. The first-order chi connectivity index (χ1) is 15.2. The highest BCUT2D eigenvalue weighted by Gasteiger charge is 2.53. The lowest BCUT2D eigenvalue weighted by molar-refractivity contribution is -0.124. The first kappa shape index (κ1) is 22.7. The molecule has 1 saturated heterocycles. The standard InChI is InChI=1S/C23H27F2N3O3S/c1-32(30,31)27-20-13-17(18(24)14-19(20)25)23(9-10-23)22(29)26-21(15-28-11-5-6-12-28)16-7-3-2-4-8-16/h2-4,7-8,13-14,21,27H,5-6,9-12,15H2,1H3,(H,26,29)/t21-/m1/s1. The van der Waals surface area contributed by atoms with Crippen molar-refractivity contribution in [3.8, 4) is 0 Å². The predicted octanol–water partition coefficient (Wildman–Crippen LogP) is 3.32. The van der Waals surface area contributed by atoms with Crippen LogP contribution in [0.25, 0.3) is 0 Å². The van der Waals surface area contributed by atoms with Crippen molar-refractivity contribution in [3.63, 3.8) is 0 Å². The summed E-state index contributed by atoms with van der Waals surface area (Å²) >= 11 is 0. The van der Waals surface area contributed by atoms with E-state index in [0.29, 0.717) is 25.5 Å². The lowest BCUT2D eigenvalue weighted by Gasteiger charge is -2.27. The van der Waals surface area contributed by atoms with Gasteiger partial charge in [0, 0.05) is 18.2 Å². The van der Waals surface area contributed by atoms with Crippen LogP contribution in [-0.4, -0.2) is 45.1 Å². The van der Waals surface area contributed by atoms with Gasteiger partial charge in [-0.1, -0.05) is 30.3 Å². The number of likely N-dealkylation sites (tertiary alicyclic amines) is 1. The first-order valence-corrected chi connectivity index (χ1v) is 12.6. The molecular formula is C23H27F2N3O3S. The van der Waals surface area contributed by atoms with Crippen LogP contribution >= 0.6 is 0 Å². The zero-order valence-corrected chi connectivity index (χ0v) is 18.7. The number of amides is 1. The molecule has 2 aromatic rings. The zero-order valence-electron chi connectivity index (χ0n) is 17.9. The van der Waals surface area contributed by atoms with Crippen molar-refractivity contribution in [1.29, 1.82) is 0 Å². The molecule has 4 rings (SSSR count). The molecular weight excluding hydrogens is 436 g/mol. The number of hydrogen-bond donors (Lipinski definition) is 2. The van der Waals surface area contributed by atoms with Gasteiger partial charge in [-0.15, -0.1) is 0 Å². The second kappa shape index (κ2) is 8.78. The number of nitrogens with zero attached hydrogens (tertiary/aromatic N) is 1. The molecule has 2 aliphatic rings. The summed E-state index contributed by atoms with van der Waals surface area (Å²) in [4.78, 5) is 15.7. The van der Waals surface area contributed by atoms with Gasteiger partial charge in [0.15, 0.2) is 0 Å². The molecule has 1 aliphatic heterocycles. The van der Waals surface area contributed by atoms with Gasteiger partial charge in [-0.2, -0.15) is 0 Å². The largest absolute Gasteiger partial charge is 0.347 e. The van der Waals surface area contributed by atoms with Crippen LogP contribution in [0, 0.1) is 11.6 Å². The Morgan fingerprint density at radius 2 is 1.75 bits per heavy atom. The van der Waals surface area contributed by atoms with E-state index in [-0.39, 0.29) is 23.2 Å². The third-order valence-electron chi connectivity index (χ3n) is 6.20. The van der Waals surface area contributed by atoms with Crippen molar-refractivity contribution < 1.29 is 22.0 Å². The van der Waals surface area contributed by atoms with Crippen molar-refractivity contribution in [3.05, 3.63) is 65.2 Å². The van der Waals surface area contributed by atoms with E-state index in [1.165, 1.54) is 0 Å². The van der Waals surface area contributed by atoms with Gasteiger partial charge in [-0.25, -0.2) is 17.2 Å². The Hall–Kier alpha value is -2.52. The molecule has 9 heteroatoms. The topological polar surface area (TPSA) is 78.5 Å². The summed E-state index contributed by atoms with van der Waals surface area (Å²) in [5.74, 6) is -2.21. The smallest absolute Gasteiger partial charge is 0.231 e. The fourth-order valence-corrected chi connectivity index (χ4v) is 4.93. The van der Waals surface area contributed by atoms with Gasteiger partial charge in [-0.3, -0.25) is 9.52 Å². The van der Waals surface area contributed by atoms with Gasteiger partial charge in [0.2, 0.25) is 15.9 Å². The Labute approximate surface area is 187 Å². The minimum atomic E-state index is -3.76. The van der Waals surface area contributed by atoms with Gasteiger partial charge >= 0.3 is 0 Å². The van der Waals surface area contributed by atoms with Crippen molar-refractivity contribution in [2.45, 2.75) is 37.1 Å². The van der Waals surface area contributed by atoms with E-state index in [1.807, 2.05) is 30.3 Å². The summed E-state index contributed by atoms with van der Waals surface area (Å²) in [5, 5.41) is 3.09. The van der Waals surface area contributed by atoms with Crippen LogP contribution < -0.4 is 10.0 Å². The maximum atomic E-state index is 14.7. The fourth-order valence-electron chi connectivity index (χ4n) is 4.38. The van der Waals surface area contributed by atoms with Gasteiger partial charge in [0.05, 0.1) is 23.4 Å². The molecule has 0 unspecified atom stereocenters. The average Bonchev–Trinajstić information content (AvgIpc) is 3.38. The van der Waals surface area contributed by atoms with Crippen LogP contribution in [-0.2, 0) is 20.2 Å². The van der Waals surface area contributed by atoms with Crippen molar-refractivity contribution in [2.75, 3.05) is 30.6 Å². The molecule has 2 aromatic carbocycles. The normalized spacial score (nSPS) is 18.8. The van der Waals surface area contributed by atoms with E-state index >= 15 is 0 Å². The van der Waals surface area contributed by atoms with Crippen molar-refractivity contribution in [1.82, 2.24) is 10.2 Å². The third-order valence-corrected chi connectivity index (χ3v) is 6.79. The van der Waals surface area contributed by atoms with Gasteiger partial charge in [0.1, 0.15) is 11.6 Å². The highest BCUT2D eigenvalue weighted by Crippen LogP contribution is 2.50. The summed E-state index contributed by atoms with van der Waals surface area (Å²) in [6, 6.07) is 11.1. The monoisotopic (exact) mass is 463 g/mol. The minimum absolute atomic E-state index is 0.00975. The number of carbonyl (C=O) groups is 1. The number of hydrogen-bond acceptors (Lipinski definition) is 4. The Bertz CT molecular complexity index is 1100. The van der Waals surface area contributed by atoms with Crippen LogP contribution in [0.4, 0.5) is 14.5 Å². The quantitative estimate of drug-likeness (QED) is 0.630. The van der Waals surface area contributed by atoms with Gasteiger partial charge in [-0.05, 0) is 50.4 Å². The molecule has 6 nitrogen and oxygen atoms in total. The molecule has 0 radical (unpaired) electrons. The highest BCUT2D eigenvalue weighted by atomic mass is 32.2. The SMILES string of the molecule is CS(=O)(=O)Nc1cc(C2(C(=O)N[C@H](CN3CCCC3)c3ccccc3)CC2)c(F)cc1F. The molecule has 0 spiro atoms. The van der Waals surface area contributed by atoms with Crippen LogP contribution in [0.1, 0.15) is 42.9 Å². The van der Waals surface area contributed by atoms with Crippen LogP contribution in [0.5, 0.6) is 0 Å². The molecule has 1 saturated carbocycles. The molecule has 1 heterocycles. The Balaban J connectivity index is 1.61. The number of carbonyl (C=O) groups excluding carboxylic acids is 1. The average molecular weight is 464 g/mol. The molecule has 32 heavy (non-hydrogen) atoms. The molecule has 2 fully saturated rings. The van der Waals surface area contributed by atoms with Gasteiger partial charge < -0.3 is 10.2 Å². The molecule has 172 valence electrons. The second-order valence-corrected chi connectivity index (χ2v) is 10.5. The Morgan fingerprint density at radius 1 is 1.09 bits per heavy atom. The van der Waals surface area contributed by atoms with Crippen LogP contribution in [0.3, 0.4) is 0 Å². The Kier molecular flexibility index (Phi) is 6.22. The Morgan fingerprint density at radius 3 is 2.34 bits per heavy atom. The summed E-state index contributed by atoms with van der Waals surface area (Å²) in [5.41, 5.74) is -0.526. The van der Waals surface area contributed by atoms with E-state index < -0.39 is 27.1 Å². The second-order valence-electron chi connectivity index (χ2n) is 8.71. The molecule has 0 bridgehead atoms. The maximum Gasteiger partial charge on any atom is 0.231 e. The number of sulfonamides is 1. The molecule has 0 aromatic heterocycles. The van der Waals surface area contributed by atoms with Crippen LogP contribution in [0.15, 0.2) is 42.5 Å². The molecule has 1 atom stereocenters. The molecule has 1 amide bonds. The van der Waals surface area contributed by atoms with E-state index in [4.69, 9.17) is 0 Å². The molecule has 2 N–H and O–H groups in total. The number of rotatable bonds is 8. The number of anilines is 1. The first-order valence-electron chi connectivity index (χ1n) is 10.7. The van der Waals surface area contributed by atoms with E-state index in [9.17, 15) is 22.0 Å². The van der Waals surface area contributed by atoms with Crippen molar-refractivity contribution in [2.24, 2.45) is 0 Å². The zero-order chi connectivity index (χ0) is 22.9. The fraction of sp³-hybridized carbons (Fsp3) is 0.435. The molecule has 1 aliphatic carbocycles. The van der Waals surface area contributed by atoms with Crippen LogP contribution in [0.2, 0.25) is 0 Å². The summed E-state index contributed by atoms with van der Waals surface area (Å²) in [6.45, 7) is 2.59. The predicted molar refractivity (Wildman–Crippen MR) is 119 cm³/mol. The summed E-state index contributed by atoms with van der Waals surface area (Å²) in [6.07, 6.45) is 3.94. The third kappa shape index (κ3) is 4.94. The highest BCUT2D eigenvalue weighted by molar-refractivity contribution is 7.92. The van der Waals surface area contributed by atoms with E-state index in [1.54, 1.807) is 0 Å². The lowest BCUT2D eigenvalue weighted by atomic mass is 9.92. The minimum Gasteiger partial charge on any atom is -0.347 e. The van der Waals surface area contributed by atoms with E-state index in [0.717, 1.165) is 43.8 Å². The summed E-state index contributed by atoms with van der Waals surface area (Å²) < 4.78 is 54.1. The number of benzene rings is 2. The van der Waals surface area contributed by atoms with Crippen molar-refractivity contribution >= 4 is 21.6 Å². The number of nitrogens with one attached hydrogen (secondary N) is 2. The van der Waals surface area contributed by atoms with E-state index in [2.05, 4.69) is 14.9 Å². The van der Waals surface area contributed by atoms with Gasteiger partial charge in [0.25, 0.3) is 0 Å². The number of halogens is 2.